The first-order chi connectivity index (χ1) is 13.4. The summed E-state index contributed by atoms with van der Waals surface area (Å²) in [5, 5.41) is 4.02. The Morgan fingerprint density at radius 1 is 1.04 bits per heavy atom. The molecule has 2 aromatic heterocycles. The minimum atomic E-state index is -3.04. The van der Waals surface area contributed by atoms with Crippen molar-refractivity contribution in [3.05, 3.63) is 53.9 Å². The molecule has 3 aromatic rings. The van der Waals surface area contributed by atoms with Crippen LogP contribution in [0.5, 0.6) is 0 Å². The standard InChI is InChI=1S/C18H16N5O4S/c19-16(24)14-5-6-15(23-17(14)20-11-21-23)12-1-3-13(4-2-12)18(25)22-7-9-28(26,27)10-8-22/h1-6H,7-10H2,(H2,19,24). The number of amides is 2. The summed E-state index contributed by atoms with van der Waals surface area (Å²) >= 11 is 0. The van der Waals surface area contributed by atoms with Crippen LogP contribution in [0.3, 0.4) is 0 Å². The molecule has 2 amide bonds. The lowest BCUT2D eigenvalue weighted by atomic mass is 10.1. The molecular weight excluding hydrogens is 382 g/mol. The van der Waals surface area contributed by atoms with E-state index < -0.39 is 15.7 Å². The molecule has 0 bridgehead atoms. The van der Waals surface area contributed by atoms with Gasteiger partial charge in [0.2, 0.25) is 6.33 Å². The van der Waals surface area contributed by atoms with E-state index in [1.807, 2.05) is 0 Å². The second kappa shape index (κ2) is 6.71. The van der Waals surface area contributed by atoms with Crippen LogP contribution in [0.2, 0.25) is 0 Å². The average molecular weight is 398 g/mol. The summed E-state index contributed by atoms with van der Waals surface area (Å²) in [5.74, 6) is -0.833. The van der Waals surface area contributed by atoms with Crippen molar-refractivity contribution in [2.75, 3.05) is 24.6 Å². The Labute approximate surface area is 160 Å². The largest absolute Gasteiger partial charge is 0.365 e. The quantitative estimate of drug-likeness (QED) is 0.670. The molecule has 0 atom stereocenters. The number of carbonyl (C=O) groups is 2. The highest BCUT2D eigenvalue weighted by Gasteiger charge is 2.25. The number of hydrogen-bond donors (Lipinski definition) is 1. The number of nitrogens with two attached hydrogens (primary N) is 1. The second-order valence-electron chi connectivity index (χ2n) is 6.47. The molecule has 3 heterocycles. The molecule has 2 N–H and O–H groups in total. The minimum Gasteiger partial charge on any atom is -0.365 e. The van der Waals surface area contributed by atoms with Gasteiger partial charge in [0.25, 0.3) is 11.8 Å². The van der Waals surface area contributed by atoms with Gasteiger partial charge >= 0.3 is 0 Å². The normalized spacial score (nSPS) is 16.2. The summed E-state index contributed by atoms with van der Waals surface area (Å²) in [4.78, 5) is 29.6. The third-order valence-corrected chi connectivity index (χ3v) is 6.31. The molecule has 1 fully saturated rings. The van der Waals surface area contributed by atoms with Crippen molar-refractivity contribution in [1.82, 2.24) is 19.5 Å². The monoisotopic (exact) mass is 398 g/mol. The summed E-state index contributed by atoms with van der Waals surface area (Å²) in [6.45, 7) is 0.403. The van der Waals surface area contributed by atoms with E-state index in [0.717, 1.165) is 5.56 Å². The summed E-state index contributed by atoms with van der Waals surface area (Å²) in [6.07, 6.45) is 2.47. The van der Waals surface area contributed by atoms with Crippen LogP contribution in [-0.4, -0.2) is 64.3 Å². The molecule has 1 aliphatic heterocycles. The van der Waals surface area contributed by atoms with Crippen molar-refractivity contribution in [1.29, 1.82) is 0 Å². The number of hydrogen-bond acceptors (Lipinski definition) is 6. The molecule has 1 radical (unpaired) electrons. The van der Waals surface area contributed by atoms with E-state index in [1.54, 1.807) is 41.3 Å². The first-order valence-corrected chi connectivity index (χ1v) is 10.3. The molecule has 0 spiro atoms. The van der Waals surface area contributed by atoms with Gasteiger partial charge in [0.05, 0.1) is 22.8 Å². The zero-order valence-corrected chi connectivity index (χ0v) is 15.5. The van der Waals surface area contributed by atoms with E-state index in [0.29, 0.717) is 16.9 Å². The van der Waals surface area contributed by atoms with Crippen LogP contribution in [-0.2, 0) is 9.84 Å². The van der Waals surface area contributed by atoms with Crippen LogP contribution in [0.15, 0.2) is 36.4 Å². The number of aromatic nitrogens is 3. The Balaban J connectivity index is 1.61. The molecule has 28 heavy (non-hydrogen) atoms. The van der Waals surface area contributed by atoms with E-state index in [1.165, 1.54) is 4.52 Å². The predicted octanol–water partition coefficient (Wildman–Crippen LogP) is 0.166. The van der Waals surface area contributed by atoms with Gasteiger partial charge in [-0.05, 0) is 24.3 Å². The minimum absolute atomic E-state index is 0.0101. The lowest BCUT2D eigenvalue weighted by molar-refractivity contribution is 0.0770. The maximum absolute atomic E-state index is 12.6. The maximum atomic E-state index is 12.6. The molecule has 9 nitrogen and oxygen atoms in total. The number of pyridine rings is 1. The van der Waals surface area contributed by atoms with Crippen LogP contribution >= 0.6 is 0 Å². The fraction of sp³-hybridized carbons (Fsp3) is 0.222. The highest BCUT2D eigenvalue weighted by molar-refractivity contribution is 7.91. The number of rotatable bonds is 3. The second-order valence-corrected chi connectivity index (χ2v) is 8.77. The van der Waals surface area contributed by atoms with E-state index in [4.69, 9.17) is 5.73 Å². The van der Waals surface area contributed by atoms with E-state index in [-0.39, 0.29) is 36.1 Å². The molecule has 0 aliphatic carbocycles. The van der Waals surface area contributed by atoms with Gasteiger partial charge in [-0.1, -0.05) is 12.1 Å². The fourth-order valence-corrected chi connectivity index (χ4v) is 4.35. The van der Waals surface area contributed by atoms with Crippen molar-refractivity contribution >= 4 is 27.3 Å². The fourth-order valence-electron chi connectivity index (χ4n) is 3.15. The van der Waals surface area contributed by atoms with Crippen molar-refractivity contribution in [3.8, 4) is 11.3 Å². The van der Waals surface area contributed by atoms with Gasteiger partial charge in [-0.2, -0.15) is 0 Å². The third-order valence-electron chi connectivity index (χ3n) is 4.70. The molecule has 10 heteroatoms. The molecule has 1 aromatic carbocycles. The van der Waals surface area contributed by atoms with Crippen molar-refractivity contribution in [2.45, 2.75) is 0 Å². The summed E-state index contributed by atoms with van der Waals surface area (Å²) in [5.41, 5.74) is 7.80. The SMILES string of the molecule is NC(=O)c1ccc(-c2ccc(C(=O)N3CCS(=O)(=O)CC3)cc2)n2n[c]nc12. The lowest BCUT2D eigenvalue weighted by Gasteiger charge is -2.26. The van der Waals surface area contributed by atoms with Gasteiger partial charge in [-0.25, -0.2) is 17.9 Å². The van der Waals surface area contributed by atoms with E-state index >= 15 is 0 Å². The van der Waals surface area contributed by atoms with Crippen molar-refractivity contribution in [2.24, 2.45) is 5.73 Å². The number of carbonyl (C=O) groups excluding carboxylic acids is 2. The van der Waals surface area contributed by atoms with Crippen LogP contribution in [0.25, 0.3) is 16.9 Å². The molecule has 4 rings (SSSR count). The molecule has 0 saturated carbocycles. The average Bonchev–Trinajstić information content (AvgIpc) is 3.16. The van der Waals surface area contributed by atoms with Gasteiger partial charge < -0.3 is 10.6 Å². The summed E-state index contributed by atoms with van der Waals surface area (Å²) in [7, 11) is -3.04. The first-order valence-electron chi connectivity index (χ1n) is 8.51. The third kappa shape index (κ3) is 3.22. The van der Waals surface area contributed by atoms with Crippen molar-refractivity contribution in [3.63, 3.8) is 0 Å². The Bertz CT molecular complexity index is 1170. The number of sulfone groups is 1. The van der Waals surface area contributed by atoms with Gasteiger partial charge in [-0.3, -0.25) is 9.59 Å². The van der Waals surface area contributed by atoms with E-state index in [2.05, 4.69) is 16.4 Å². The van der Waals surface area contributed by atoms with Gasteiger partial charge in [0, 0.05) is 24.2 Å². The molecule has 0 unspecified atom stereocenters. The zero-order valence-electron chi connectivity index (χ0n) is 14.7. The van der Waals surface area contributed by atoms with Crippen LogP contribution in [0.1, 0.15) is 20.7 Å². The highest BCUT2D eigenvalue weighted by Crippen LogP contribution is 2.23. The van der Waals surface area contributed by atoms with Crippen LogP contribution in [0.4, 0.5) is 0 Å². The Hall–Kier alpha value is -3.27. The predicted molar refractivity (Wildman–Crippen MR) is 100 cm³/mol. The molecule has 1 saturated heterocycles. The molecule has 143 valence electrons. The lowest BCUT2D eigenvalue weighted by Crippen LogP contribution is -2.43. The van der Waals surface area contributed by atoms with Gasteiger partial charge in [-0.15, -0.1) is 5.10 Å². The summed E-state index contributed by atoms with van der Waals surface area (Å²) < 4.78 is 24.5. The van der Waals surface area contributed by atoms with Gasteiger partial charge in [0.1, 0.15) is 0 Å². The topological polar surface area (TPSA) is 128 Å². The molecular formula is C18H16N5O4S. The Morgan fingerprint density at radius 3 is 2.36 bits per heavy atom. The molecule has 1 aliphatic rings. The number of benzene rings is 1. The number of primary amides is 1. The maximum Gasteiger partial charge on any atom is 0.253 e. The zero-order chi connectivity index (χ0) is 19.9. The van der Waals surface area contributed by atoms with E-state index in [9.17, 15) is 18.0 Å². The van der Waals surface area contributed by atoms with Crippen LogP contribution in [0, 0.1) is 6.33 Å². The highest BCUT2D eigenvalue weighted by atomic mass is 32.2. The Kier molecular flexibility index (Phi) is 4.34. The van der Waals surface area contributed by atoms with Crippen LogP contribution < -0.4 is 5.73 Å². The summed E-state index contributed by atoms with van der Waals surface area (Å²) in [6, 6.07) is 10.1. The van der Waals surface area contributed by atoms with Crippen molar-refractivity contribution < 1.29 is 18.0 Å². The first kappa shape index (κ1) is 18.1. The number of fused-ring (bicyclic) bond motifs is 1. The Morgan fingerprint density at radius 2 is 1.71 bits per heavy atom. The number of nitrogens with zero attached hydrogens (tertiary/aromatic N) is 4. The smallest absolute Gasteiger partial charge is 0.253 e. The van der Waals surface area contributed by atoms with Gasteiger partial charge in [0.15, 0.2) is 15.5 Å².